The summed E-state index contributed by atoms with van der Waals surface area (Å²) in [4.78, 5) is 3.85. The maximum absolute atomic E-state index is 7.18. The maximum Gasteiger partial charge on any atom is 0.0840 e. The zero-order valence-electron chi connectivity index (χ0n) is 6.78. The third kappa shape index (κ3) is 1.12. The van der Waals surface area contributed by atoms with Crippen molar-refractivity contribution in [2.75, 3.05) is 0 Å². The van der Waals surface area contributed by atoms with Gasteiger partial charge in [0.25, 0.3) is 0 Å². The quantitative estimate of drug-likeness (QED) is 0.661. The first-order valence-corrected chi connectivity index (χ1v) is 3.28. The Morgan fingerprint density at radius 2 is 2.45 bits per heavy atom. The number of hydrogen-bond acceptors (Lipinski definition) is 2. The maximum atomic E-state index is 7.18. The molecule has 0 aliphatic heterocycles. The van der Waals surface area contributed by atoms with Gasteiger partial charge < -0.3 is 0 Å². The van der Waals surface area contributed by atoms with Crippen LogP contribution in [0.3, 0.4) is 0 Å². The molecule has 0 amide bonds. The van der Waals surface area contributed by atoms with E-state index >= 15 is 0 Å². The van der Waals surface area contributed by atoms with Gasteiger partial charge in [-0.2, -0.15) is 5.10 Å². The molecule has 0 aliphatic carbocycles. The van der Waals surface area contributed by atoms with Gasteiger partial charge in [0.2, 0.25) is 0 Å². The van der Waals surface area contributed by atoms with Gasteiger partial charge in [0.15, 0.2) is 0 Å². The predicted molar refractivity (Wildman–Crippen MR) is 41.8 cm³/mol. The number of rotatable bonds is 1. The van der Waals surface area contributed by atoms with Crippen molar-refractivity contribution >= 4 is 0 Å². The van der Waals surface area contributed by atoms with Crippen LogP contribution in [0, 0.1) is 0 Å². The van der Waals surface area contributed by atoms with Crippen LogP contribution in [0.2, 0.25) is 0 Å². The predicted octanol–water partition coefficient (Wildman–Crippen LogP) is 1.47. The SMILES string of the molecule is [2H]c1ccc(-c2ccn[nH]2)cn1. The van der Waals surface area contributed by atoms with E-state index in [4.69, 9.17) is 1.37 Å². The topological polar surface area (TPSA) is 41.6 Å². The van der Waals surface area contributed by atoms with Gasteiger partial charge in [-0.1, -0.05) is 0 Å². The smallest absolute Gasteiger partial charge is 0.0840 e. The van der Waals surface area contributed by atoms with E-state index in [9.17, 15) is 0 Å². The van der Waals surface area contributed by atoms with Crippen LogP contribution in [0.1, 0.15) is 1.37 Å². The van der Waals surface area contributed by atoms with E-state index < -0.39 is 0 Å². The Morgan fingerprint density at radius 3 is 3.09 bits per heavy atom. The third-order valence-electron chi connectivity index (χ3n) is 1.43. The van der Waals surface area contributed by atoms with Gasteiger partial charge in [-0.25, -0.2) is 0 Å². The Kier molecular flexibility index (Phi) is 1.17. The molecule has 2 rings (SSSR count). The third-order valence-corrected chi connectivity index (χ3v) is 1.43. The second-order valence-electron chi connectivity index (χ2n) is 2.15. The molecule has 0 fully saturated rings. The fourth-order valence-corrected chi connectivity index (χ4v) is 0.896. The lowest BCUT2D eigenvalue weighted by molar-refractivity contribution is 1.09. The van der Waals surface area contributed by atoms with Crippen molar-refractivity contribution in [3.8, 4) is 11.3 Å². The Morgan fingerprint density at radius 1 is 1.45 bits per heavy atom. The molecule has 0 radical (unpaired) electrons. The lowest BCUT2D eigenvalue weighted by atomic mass is 10.2. The molecule has 0 bridgehead atoms. The summed E-state index contributed by atoms with van der Waals surface area (Å²) in [7, 11) is 0. The van der Waals surface area contributed by atoms with Crippen LogP contribution in [-0.4, -0.2) is 15.2 Å². The van der Waals surface area contributed by atoms with Crippen molar-refractivity contribution in [2.45, 2.75) is 0 Å². The van der Waals surface area contributed by atoms with Crippen molar-refractivity contribution in [1.82, 2.24) is 15.2 Å². The summed E-state index contributed by atoms with van der Waals surface area (Å²) in [6.07, 6.45) is 3.61. The van der Waals surface area contributed by atoms with Gasteiger partial charge in [-0.15, -0.1) is 0 Å². The van der Waals surface area contributed by atoms with Crippen LogP contribution in [0.25, 0.3) is 11.3 Å². The first kappa shape index (κ1) is 5.07. The summed E-state index contributed by atoms with van der Waals surface area (Å²) >= 11 is 0. The first-order valence-electron chi connectivity index (χ1n) is 3.78. The molecule has 0 aromatic carbocycles. The van der Waals surface area contributed by atoms with Gasteiger partial charge in [-0.3, -0.25) is 10.1 Å². The molecule has 3 nitrogen and oxygen atoms in total. The molecule has 11 heavy (non-hydrogen) atoms. The number of aromatic amines is 1. The van der Waals surface area contributed by atoms with Crippen molar-refractivity contribution in [3.63, 3.8) is 0 Å². The summed E-state index contributed by atoms with van der Waals surface area (Å²) in [5, 5.41) is 6.64. The molecule has 0 unspecified atom stereocenters. The highest BCUT2D eigenvalue weighted by Gasteiger charge is 1.94. The van der Waals surface area contributed by atoms with Crippen molar-refractivity contribution < 1.29 is 1.37 Å². The van der Waals surface area contributed by atoms with Crippen molar-refractivity contribution in [1.29, 1.82) is 0 Å². The fraction of sp³-hybridized carbons (Fsp3) is 0. The summed E-state index contributed by atoms with van der Waals surface area (Å²) in [5.41, 5.74) is 1.87. The van der Waals surface area contributed by atoms with Gasteiger partial charge >= 0.3 is 0 Å². The second kappa shape index (κ2) is 2.54. The average molecular weight is 146 g/mol. The number of nitrogens with zero attached hydrogens (tertiary/aromatic N) is 2. The normalized spacial score (nSPS) is 11.1. The molecule has 0 saturated heterocycles. The van der Waals surface area contributed by atoms with E-state index in [2.05, 4.69) is 15.2 Å². The monoisotopic (exact) mass is 146 g/mol. The Hall–Kier alpha value is -1.64. The van der Waals surface area contributed by atoms with E-state index in [1.165, 1.54) is 0 Å². The minimum absolute atomic E-state index is 0.276. The van der Waals surface area contributed by atoms with Crippen LogP contribution in [0.4, 0.5) is 0 Å². The molecule has 1 N–H and O–H groups in total. The number of pyridine rings is 1. The number of H-pyrrole nitrogens is 1. The Bertz CT molecular complexity index is 352. The summed E-state index contributed by atoms with van der Waals surface area (Å²) < 4.78 is 7.18. The zero-order valence-corrected chi connectivity index (χ0v) is 5.78. The largest absolute Gasteiger partial charge is 0.278 e. The second-order valence-corrected chi connectivity index (χ2v) is 2.15. The lowest BCUT2D eigenvalue weighted by Gasteiger charge is -1.92. The molecule has 54 valence electrons. The molecular weight excluding hydrogens is 138 g/mol. The van der Waals surface area contributed by atoms with Crippen LogP contribution >= 0.6 is 0 Å². The average Bonchev–Trinajstić information content (AvgIpc) is 2.58. The molecule has 0 spiro atoms. The van der Waals surface area contributed by atoms with Gasteiger partial charge in [-0.05, 0) is 18.2 Å². The molecular formula is C8H7N3. The van der Waals surface area contributed by atoms with Gasteiger partial charge in [0, 0.05) is 24.1 Å². The zero-order chi connectivity index (χ0) is 8.39. The standard InChI is InChI=1S/C8H7N3/c1-2-7(6-9-4-1)8-3-5-10-11-8/h1-6H,(H,10,11)/i4D. The fourth-order valence-electron chi connectivity index (χ4n) is 0.896. The molecule has 2 heterocycles. The van der Waals surface area contributed by atoms with Crippen LogP contribution in [0.15, 0.2) is 36.8 Å². The van der Waals surface area contributed by atoms with E-state index in [0.29, 0.717) is 0 Å². The van der Waals surface area contributed by atoms with Gasteiger partial charge in [0.1, 0.15) is 0 Å². The van der Waals surface area contributed by atoms with Gasteiger partial charge in [0.05, 0.1) is 7.06 Å². The molecule has 2 aromatic heterocycles. The molecule has 2 aromatic rings. The summed E-state index contributed by atoms with van der Waals surface area (Å²) in [5.74, 6) is 0. The number of hydrogen-bond donors (Lipinski definition) is 1. The summed E-state index contributed by atoms with van der Waals surface area (Å²) in [6, 6.07) is 5.35. The molecule has 0 saturated carbocycles. The van der Waals surface area contributed by atoms with Crippen LogP contribution in [-0.2, 0) is 0 Å². The van der Waals surface area contributed by atoms with Crippen molar-refractivity contribution in [3.05, 3.63) is 36.8 Å². The lowest BCUT2D eigenvalue weighted by Crippen LogP contribution is -1.77. The van der Waals surface area contributed by atoms with E-state index in [1.807, 2.05) is 12.1 Å². The van der Waals surface area contributed by atoms with Crippen LogP contribution in [0.5, 0.6) is 0 Å². The number of aromatic nitrogens is 3. The Balaban J connectivity index is 2.43. The highest BCUT2D eigenvalue weighted by atomic mass is 15.1. The molecule has 3 heteroatoms. The first-order chi connectivity index (χ1) is 5.86. The number of nitrogens with one attached hydrogen (secondary N) is 1. The minimum Gasteiger partial charge on any atom is -0.278 e. The van der Waals surface area contributed by atoms with E-state index in [1.54, 1.807) is 18.5 Å². The minimum atomic E-state index is 0.276. The Labute approximate surface area is 65.5 Å². The highest BCUT2D eigenvalue weighted by molar-refractivity contribution is 5.56. The highest BCUT2D eigenvalue weighted by Crippen LogP contribution is 2.12. The van der Waals surface area contributed by atoms with Crippen LogP contribution < -0.4 is 0 Å². The molecule has 0 aliphatic rings. The van der Waals surface area contributed by atoms with Crippen molar-refractivity contribution in [2.24, 2.45) is 0 Å². The van der Waals surface area contributed by atoms with E-state index in [0.717, 1.165) is 11.3 Å². The van der Waals surface area contributed by atoms with E-state index in [-0.39, 0.29) is 6.17 Å². The summed E-state index contributed by atoms with van der Waals surface area (Å²) in [6.45, 7) is 0. The molecule has 0 atom stereocenters.